The van der Waals surface area contributed by atoms with Gasteiger partial charge in [-0.1, -0.05) is 13.8 Å². The Bertz CT molecular complexity index is 556. The number of likely N-dealkylation sites (N-methyl/N-ethyl adjacent to an activating group) is 1. The van der Waals surface area contributed by atoms with Crippen molar-refractivity contribution in [2.75, 3.05) is 26.2 Å². The number of likely N-dealkylation sites (tertiary alicyclic amines) is 1. The number of hydrogen-bond donors (Lipinski definition) is 2. The first-order valence-electron chi connectivity index (χ1n) is 9.54. The quantitative estimate of drug-likeness (QED) is 0.795. The molecule has 1 aromatic rings. The molecule has 0 bridgehead atoms. The maximum Gasteiger partial charge on any atom is 0.230 e. The van der Waals surface area contributed by atoms with Crippen molar-refractivity contribution >= 4 is 0 Å². The van der Waals surface area contributed by atoms with Gasteiger partial charge in [-0.05, 0) is 38.1 Å². The maximum absolute atomic E-state index is 10.9. The molecule has 25 heavy (non-hydrogen) atoms. The highest BCUT2D eigenvalue weighted by Gasteiger charge is 2.40. The summed E-state index contributed by atoms with van der Waals surface area (Å²) in [5.41, 5.74) is -0.595. The average Bonchev–Trinajstić information content (AvgIpc) is 3.13. The van der Waals surface area contributed by atoms with E-state index in [1.807, 2.05) is 0 Å². The molecule has 1 saturated carbocycles. The van der Waals surface area contributed by atoms with Gasteiger partial charge in [-0.25, -0.2) is 0 Å². The van der Waals surface area contributed by atoms with Crippen molar-refractivity contribution in [2.45, 2.75) is 70.7 Å². The molecule has 2 atom stereocenters. The minimum absolute atomic E-state index is 0.0309. The topological polar surface area (TPSA) is 85.9 Å². The highest BCUT2D eigenvalue weighted by atomic mass is 16.4. The van der Waals surface area contributed by atoms with Gasteiger partial charge in [-0.3, -0.25) is 9.80 Å². The standard InChI is InChI=1S/C18H32N4O3/c1-4-22(11-17-20-19-14(3)25-17)15-9-21(10-16(15)23)12-18(24)7-5-13(2)6-8-18/h13,15-16,23-24H,4-12H2,1-3H3/t13?,15-,16-,18?/m1/s1. The second-order valence-electron chi connectivity index (χ2n) is 8.01. The number of aliphatic hydroxyl groups excluding tert-OH is 1. The molecular weight excluding hydrogens is 320 g/mol. The van der Waals surface area contributed by atoms with Crippen molar-refractivity contribution in [3.63, 3.8) is 0 Å². The summed E-state index contributed by atoms with van der Waals surface area (Å²) >= 11 is 0. The van der Waals surface area contributed by atoms with E-state index >= 15 is 0 Å². The lowest BCUT2D eigenvalue weighted by Gasteiger charge is -2.37. The van der Waals surface area contributed by atoms with Gasteiger partial charge in [0.25, 0.3) is 0 Å². The second kappa shape index (κ2) is 7.70. The van der Waals surface area contributed by atoms with Gasteiger partial charge in [0.15, 0.2) is 0 Å². The second-order valence-corrected chi connectivity index (χ2v) is 8.01. The molecule has 2 aliphatic rings. The molecule has 0 aromatic carbocycles. The highest BCUT2D eigenvalue weighted by Crippen LogP contribution is 2.33. The van der Waals surface area contributed by atoms with Gasteiger partial charge in [-0.15, -0.1) is 10.2 Å². The van der Waals surface area contributed by atoms with E-state index in [1.165, 1.54) is 0 Å². The summed E-state index contributed by atoms with van der Waals surface area (Å²) in [6.07, 6.45) is 3.49. The zero-order valence-electron chi connectivity index (χ0n) is 15.7. The van der Waals surface area contributed by atoms with E-state index in [0.29, 0.717) is 37.3 Å². The van der Waals surface area contributed by atoms with Gasteiger partial charge in [0.2, 0.25) is 11.8 Å². The summed E-state index contributed by atoms with van der Waals surface area (Å²) in [6, 6.07) is 0.0309. The first kappa shape index (κ1) is 18.8. The van der Waals surface area contributed by atoms with Crippen LogP contribution in [0.1, 0.15) is 51.3 Å². The molecular formula is C18H32N4O3. The SMILES string of the molecule is CCN(Cc1nnc(C)o1)[C@@H]1CN(CC2(O)CCC(C)CC2)C[C@H]1O. The first-order valence-corrected chi connectivity index (χ1v) is 9.54. The van der Waals surface area contributed by atoms with E-state index in [2.05, 4.69) is 33.8 Å². The fourth-order valence-corrected chi connectivity index (χ4v) is 4.25. The summed E-state index contributed by atoms with van der Waals surface area (Å²) in [5, 5.41) is 29.4. The van der Waals surface area contributed by atoms with Crippen LogP contribution in [0.4, 0.5) is 0 Å². The number of β-amino-alcohol motifs (C(OH)–C–C–N with tert-alkyl or cyclic N) is 2. The van der Waals surface area contributed by atoms with E-state index in [0.717, 1.165) is 38.8 Å². The Balaban J connectivity index is 1.58. The van der Waals surface area contributed by atoms with Crippen molar-refractivity contribution < 1.29 is 14.6 Å². The van der Waals surface area contributed by atoms with Crippen LogP contribution in [0.2, 0.25) is 0 Å². The van der Waals surface area contributed by atoms with Crippen molar-refractivity contribution in [1.82, 2.24) is 20.0 Å². The van der Waals surface area contributed by atoms with Crippen molar-refractivity contribution in [2.24, 2.45) is 5.92 Å². The van der Waals surface area contributed by atoms with Gasteiger partial charge in [-0.2, -0.15) is 0 Å². The van der Waals surface area contributed by atoms with Crippen molar-refractivity contribution in [3.8, 4) is 0 Å². The lowest BCUT2D eigenvalue weighted by Crippen LogP contribution is -2.46. The molecule has 7 heteroatoms. The molecule has 3 rings (SSSR count). The zero-order valence-corrected chi connectivity index (χ0v) is 15.7. The lowest BCUT2D eigenvalue weighted by atomic mass is 9.79. The molecule has 0 unspecified atom stereocenters. The first-order chi connectivity index (χ1) is 11.9. The van der Waals surface area contributed by atoms with Gasteiger partial charge in [0.1, 0.15) is 0 Å². The van der Waals surface area contributed by atoms with Crippen LogP contribution in [-0.4, -0.2) is 74.1 Å². The molecule has 0 radical (unpaired) electrons. The number of rotatable bonds is 6. The molecule has 1 aliphatic heterocycles. The van der Waals surface area contributed by atoms with Crippen molar-refractivity contribution in [3.05, 3.63) is 11.8 Å². The Kier molecular flexibility index (Phi) is 5.78. The predicted octanol–water partition coefficient (Wildman–Crippen LogP) is 1.19. The molecule has 2 fully saturated rings. The van der Waals surface area contributed by atoms with E-state index in [4.69, 9.17) is 4.42 Å². The van der Waals surface area contributed by atoms with Gasteiger partial charge in [0.05, 0.1) is 24.3 Å². The van der Waals surface area contributed by atoms with Crippen molar-refractivity contribution in [1.29, 1.82) is 0 Å². The Labute approximate surface area is 150 Å². The summed E-state index contributed by atoms with van der Waals surface area (Å²) < 4.78 is 5.49. The monoisotopic (exact) mass is 352 g/mol. The van der Waals surface area contributed by atoms with E-state index in [1.54, 1.807) is 6.92 Å². The number of aromatic nitrogens is 2. The third-order valence-electron chi connectivity index (χ3n) is 5.84. The molecule has 2 heterocycles. The molecule has 7 nitrogen and oxygen atoms in total. The minimum atomic E-state index is -0.595. The van der Waals surface area contributed by atoms with E-state index in [9.17, 15) is 10.2 Å². The normalized spacial score (nSPS) is 34.1. The smallest absolute Gasteiger partial charge is 0.230 e. The average molecular weight is 352 g/mol. The number of aliphatic hydroxyl groups is 2. The van der Waals surface area contributed by atoms with E-state index in [-0.39, 0.29) is 6.04 Å². The largest absolute Gasteiger partial charge is 0.424 e. The summed E-state index contributed by atoms with van der Waals surface area (Å²) in [6.45, 7) is 9.51. The Morgan fingerprint density at radius 2 is 2.00 bits per heavy atom. The molecule has 0 spiro atoms. The maximum atomic E-state index is 10.9. The van der Waals surface area contributed by atoms with Crippen LogP contribution in [-0.2, 0) is 6.54 Å². The minimum Gasteiger partial charge on any atom is -0.424 e. The van der Waals surface area contributed by atoms with Gasteiger partial charge >= 0.3 is 0 Å². The molecule has 1 saturated heterocycles. The van der Waals surface area contributed by atoms with E-state index < -0.39 is 11.7 Å². The summed E-state index contributed by atoms with van der Waals surface area (Å²) in [5.74, 6) is 1.86. The Morgan fingerprint density at radius 1 is 1.28 bits per heavy atom. The molecule has 0 amide bonds. The Morgan fingerprint density at radius 3 is 2.60 bits per heavy atom. The van der Waals surface area contributed by atoms with Crippen LogP contribution in [0.15, 0.2) is 4.42 Å². The molecule has 142 valence electrons. The van der Waals surface area contributed by atoms with Gasteiger partial charge in [0, 0.05) is 26.6 Å². The summed E-state index contributed by atoms with van der Waals surface area (Å²) in [4.78, 5) is 4.40. The zero-order chi connectivity index (χ0) is 18.0. The molecule has 1 aliphatic carbocycles. The van der Waals surface area contributed by atoms with Crippen LogP contribution in [0.25, 0.3) is 0 Å². The van der Waals surface area contributed by atoms with Crippen LogP contribution < -0.4 is 0 Å². The number of nitrogens with zero attached hydrogens (tertiary/aromatic N) is 4. The predicted molar refractivity (Wildman–Crippen MR) is 93.9 cm³/mol. The Hall–Kier alpha value is -1.02. The lowest BCUT2D eigenvalue weighted by molar-refractivity contribution is -0.0326. The van der Waals surface area contributed by atoms with Gasteiger partial charge < -0.3 is 14.6 Å². The molecule has 1 aromatic heterocycles. The number of hydrogen-bond acceptors (Lipinski definition) is 7. The van der Waals surface area contributed by atoms with Crippen LogP contribution >= 0.6 is 0 Å². The fraction of sp³-hybridized carbons (Fsp3) is 0.889. The number of aryl methyl sites for hydroxylation is 1. The van der Waals surface area contributed by atoms with Crippen LogP contribution in [0.5, 0.6) is 0 Å². The molecule has 2 N–H and O–H groups in total. The summed E-state index contributed by atoms with van der Waals surface area (Å²) in [7, 11) is 0. The van der Waals surface area contributed by atoms with Crippen LogP contribution in [0, 0.1) is 12.8 Å². The van der Waals surface area contributed by atoms with Crippen LogP contribution in [0.3, 0.4) is 0 Å². The third kappa shape index (κ3) is 4.58. The third-order valence-corrected chi connectivity index (χ3v) is 5.84. The highest BCUT2D eigenvalue weighted by molar-refractivity contribution is 4.96. The fourth-order valence-electron chi connectivity index (χ4n) is 4.25.